The van der Waals surface area contributed by atoms with Gasteiger partial charge in [0, 0.05) is 101 Å². The normalized spacial score (nSPS) is 17.4. The molecule has 3 amide bonds. The van der Waals surface area contributed by atoms with Crippen LogP contribution >= 0.6 is 57.9 Å². The summed E-state index contributed by atoms with van der Waals surface area (Å²) in [6.45, 7) is 0. The quantitative estimate of drug-likeness (QED) is 0.0213. The number of nitrogens with two attached hydrogens (primary N) is 1. The molecule has 8 aliphatic rings. The number of amides is 3. The van der Waals surface area contributed by atoms with Gasteiger partial charge >= 0.3 is 59.8 Å². The fourth-order valence-electron chi connectivity index (χ4n) is 19.7. The van der Waals surface area contributed by atoms with Crippen LogP contribution in [0.15, 0.2) is 155 Å². The summed E-state index contributed by atoms with van der Waals surface area (Å²) in [5.74, 6) is -1.41. The van der Waals surface area contributed by atoms with Gasteiger partial charge in [-0.1, -0.05) is 100 Å². The number of fused-ring (bicyclic) bond motifs is 4. The molecule has 0 aliphatic heterocycles. The van der Waals surface area contributed by atoms with Crippen molar-refractivity contribution < 1.29 is 79.1 Å². The summed E-state index contributed by atoms with van der Waals surface area (Å²) in [5.41, 5.74) is 17.6. The Bertz CT molecular complexity index is 5750. The van der Waals surface area contributed by atoms with Crippen molar-refractivity contribution in [2.24, 2.45) is 33.9 Å². The van der Waals surface area contributed by atoms with Crippen LogP contribution < -0.4 is 21.7 Å². The van der Waals surface area contributed by atoms with E-state index in [1.807, 2.05) is 138 Å². The number of methoxy groups -OCH3 is 3. The van der Waals surface area contributed by atoms with E-state index in [1.165, 1.54) is 179 Å². The average Bonchev–Trinajstić information content (AvgIpc) is 1.60. The largest absolute Gasteiger partial charge is 0.394 e. The molecule has 19 rings (SSSR count). The predicted octanol–water partition coefficient (Wildman–Crippen LogP) is 20.3. The molecule has 0 spiro atoms. The maximum Gasteiger partial charge on any atom is -0.0813 e. The molecule has 8 fully saturated rings. The first kappa shape index (κ1) is 96.6. The molecule has 127 heavy (non-hydrogen) atoms. The zero-order valence-electron chi connectivity index (χ0n) is 73.3. The maximum atomic E-state index is 13.1. The Hall–Kier alpha value is -9.44. The number of esters is 3. The van der Waals surface area contributed by atoms with E-state index in [0.29, 0.717) is 84.5 Å². The average molecular weight is 1990 g/mol. The van der Waals surface area contributed by atoms with Crippen molar-refractivity contribution >= 4 is 149 Å². The number of ether oxygens (including phenoxy) is 3. The number of aromatic carboxylic acids is 1. The van der Waals surface area contributed by atoms with E-state index in [2.05, 4.69) is 118 Å². The molecule has 0 unspecified atom stereocenters. The van der Waals surface area contributed by atoms with Crippen molar-refractivity contribution in [3.05, 3.63) is 206 Å². The fraction of sp³-hybridized carbons (Fsp3) is 0.439. The molecule has 7 heterocycles. The summed E-state index contributed by atoms with van der Waals surface area (Å²) in [7, 11) is 12.2. The van der Waals surface area contributed by atoms with Gasteiger partial charge in [-0.05, 0) is 279 Å². The number of hydrogen-bond donors (Lipinski definition) is 6. The van der Waals surface area contributed by atoms with Gasteiger partial charge < -0.3 is 69.4 Å². The minimum atomic E-state index is -1.12. The van der Waals surface area contributed by atoms with E-state index >= 15 is 0 Å². The van der Waals surface area contributed by atoms with Gasteiger partial charge in [-0.3, -0.25) is 29.1 Å². The van der Waals surface area contributed by atoms with Crippen LogP contribution in [0.25, 0.3) is 66.4 Å². The molecule has 7 N–H and O–H groups in total. The van der Waals surface area contributed by atoms with Crippen molar-refractivity contribution in [1.29, 1.82) is 0 Å². The van der Waals surface area contributed by atoms with Gasteiger partial charge in [0.15, 0.2) is 0 Å². The molecular formula is C98H113Br3ClN11O13Zn. The second kappa shape index (κ2) is 42.9. The Morgan fingerprint density at radius 2 is 0.732 bits per heavy atom. The third-order valence-electron chi connectivity index (χ3n) is 27.3. The van der Waals surface area contributed by atoms with Gasteiger partial charge in [-0.25, -0.2) is 19.2 Å². The third kappa shape index (κ3) is 20.4. The zero-order chi connectivity index (χ0) is 89.8. The first-order valence-corrected chi connectivity index (χ1v) is 52.5. The van der Waals surface area contributed by atoms with E-state index in [1.54, 1.807) is 24.4 Å². The molecule has 0 radical (unpaired) electrons. The van der Waals surface area contributed by atoms with Crippen LogP contribution in [0, 0.1) is 6.20 Å². The number of nitrogens with zero attached hydrogens (tertiary/aromatic N) is 7. The Labute approximate surface area is 780 Å². The molecule has 0 bridgehead atoms. The van der Waals surface area contributed by atoms with E-state index in [9.17, 15) is 43.5 Å². The minimum Gasteiger partial charge on any atom is -0.394 e. The molecule has 668 valence electrons. The standard InChI is InChI=1S/C26H29N3O3.C25H27N3O3.C21H25BrN2O3.C15H16BrNO2.C6H11NO2.C5H4N.BrH.ClH.Zn/c1-29-21-16-18(24(30)28-26(13-7-14-26)25(31)32-2)11-12-19(21)22(17-8-3-4-9-17)23(29)20-10-5-6-15-27-20;1-28-20-15-17(23(29)27-25(24(30)31)12-6-13-25)10-11-18(20)21(16-7-2-3-8-16)22(28)19-9-4-5-14-26-19;1-24-16-12-14(19(25)23-21(10-5-11-21)20(26)27-2)8-9-15(16)17(18(24)22)13-6-3-4-7-13;1-17-12-8-10(15(18)19)6-7-11(12)13(14(17)16)9-4-2-3-5-9;1-9-5(8)6(7)3-2-4-6;1-2-4-6-5-3-1;;;/h5-6,10-12,15-17H,3-4,7-9,13-14H2,1-2H3,(H,28,30);4-5,9-11,14-16H,2-3,6-8,12-13H2,1H3,(H,27,29)(H,30,31);8-9,12-13H,3-7,10-11H2,1-2H3,(H,23,25);6-9H,2-5H2,1H3,(H,18,19);2-4,7H2,1H3;1-4H;2*1H;/q;;;;;-1;;;+2/p-1. The molecule has 0 saturated heterocycles. The third-order valence-corrected chi connectivity index (χ3v) is 29.2. The Morgan fingerprint density at radius 3 is 0.992 bits per heavy atom. The van der Waals surface area contributed by atoms with Gasteiger partial charge in [0.1, 0.15) is 22.2 Å². The van der Waals surface area contributed by atoms with E-state index < -0.39 is 34.1 Å². The number of nitrogens with one attached hydrogen (secondary N) is 3. The van der Waals surface area contributed by atoms with Crippen molar-refractivity contribution in [2.45, 2.75) is 226 Å². The van der Waals surface area contributed by atoms with Gasteiger partial charge in [-0.15, -0.1) is 12.4 Å². The monoisotopic (exact) mass is 1990 g/mol. The van der Waals surface area contributed by atoms with Crippen molar-refractivity contribution in [1.82, 2.24) is 49.2 Å². The number of carbonyl (C=O) groups excluding carboxylic acids is 6. The molecule has 0 atom stereocenters. The predicted molar refractivity (Wildman–Crippen MR) is 501 cm³/mol. The van der Waals surface area contributed by atoms with E-state index in [0.717, 1.165) is 98.0 Å². The number of aromatic nitrogens is 7. The number of pyridine rings is 3. The number of benzene rings is 4. The van der Waals surface area contributed by atoms with E-state index in [4.69, 9.17) is 20.3 Å². The van der Waals surface area contributed by atoms with Gasteiger partial charge in [0.05, 0.1) is 58.9 Å². The van der Waals surface area contributed by atoms with Crippen LogP contribution in [0.2, 0.25) is 0 Å². The maximum absolute atomic E-state index is 13.1. The van der Waals surface area contributed by atoms with E-state index in [-0.39, 0.29) is 48.0 Å². The molecule has 8 saturated carbocycles. The van der Waals surface area contributed by atoms with Crippen molar-refractivity contribution in [3.8, 4) is 22.8 Å². The summed E-state index contributed by atoms with van der Waals surface area (Å²) in [6.07, 6.45) is 36.4. The minimum absolute atomic E-state index is 0. The Morgan fingerprint density at radius 1 is 0.417 bits per heavy atom. The van der Waals surface area contributed by atoms with Crippen LogP contribution in [0.1, 0.15) is 267 Å². The first-order valence-electron chi connectivity index (χ1n) is 43.9. The van der Waals surface area contributed by atoms with Gasteiger partial charge in [-0.2, -0.15) is 18.2 Å². The molecule has 11 aromatic rings. The van der Waals surface area contributed by atoms with Gasteiger partial charge in [0.25, 0.3) is 17.7 Å². The Balaban J connectivity index is 0.000000146. The number of carboxylic acids is 2. The molecule has 4 aromatic carbocycles. The summed E-state index contributed by atoms with van der Waals surface area (Å²) in [4.78, 5) is 110. The van der Waals surface area contributed by atoms with Crippen LogP contribution in [0.3, 0.4) is 0 Å². The fourth-order valence-corrected chi connectivity index (χ4v) is 21.1. The second-order valence-electron chi connectivity index (χ2n) is 34.7. The molecule has 24 nitrogen and oxygen atoms in total. The first-order chi connectivity index (χ1) is 60.8. The molecule has 7 aromatic heterocycles. The van der Waals surface area contributed by atoms with Crippen LogP contribution in [0.4, 0.5) is 0 Å². The van der Waals surface area contributed by atoms with Crippen LogP contribution in [0.5, 0.6) is 0 Å². The van der Waals surface area contributed by atoms with Crippen LogP contribution in [-0.4, -0.2) is 134 Å². The smallest absolute Gasteiger partial charge is 0.0813 e. The Kier molecular flexibility index (Phi) is 32.6. The number of rotatable bonds is 17. The SMILES string of the molecule is COC(=O)C1(N)CCC1.COC(=O)C1(NC(=O)c2ccc3c(C4CCCC4)c(-c4ccccn4)n(C)c3c2)CCC1.COC(=O)C1(NC(=O)c2ccc3c(C4CCCC4)c(Br)n(C)c3c2)CCC1.Cl.Cn1c(-c2ccccn2)c(C2CCCC2)c2ccc(C(=O)NC3(C(=O)O)CCC3)cc21.Cn1c(Br)c(C2CCCC2)c2ccc(C(=O)O)cc21.[Zn+][Br].[c-]1ccccn1. The summed E-state index contributed by atoms with van der Waals surface area (Å²) in [6, 6.07) is 40.4. The molecular weight excluding hydrogens is 1880 g/mol. The number of halogens is 4. The number of hydrogen-bond acceptors (Lipinski definition) is 15. The van der Waals surface area contributed by atoms with Crippen molar-refractivity contribution in [2.75, 3.05) is 21.3 Å². The van der Waals surface area contributed by atoms with Gasteiger partial charge in [0.2, 0.25) is 0 Å². The molecule has 29 heteroatoms. The van der Waals surface area contributed by atoms with Crippen molar-refractivity contribution in [3.63, 3.8) is 0 Å². The molecule has 8 aliphatic carbocycles. The summed E-state index contributed by atoms with van der Waals surface area (Å²) >= 11 is 11.7. The summed E-state index contributed by atoms with van der Waals surface area (Å²) < 4.78 is 25.0. The topological polar surface area (TPSA) is 325 Å². The summed E-state index contributed by atoms with van der Waals surface area (Å²) in [5, 5.41) is 32.0. The number of carbonyl (C=O) groups is 8. The number of carboxylic acid groups (broad SMARTS) is 2. The second-order valence-corrected chi connectivity index (χ2v) is 36.2. The number of aryl methyl sites for hydroxylation is 4. The number of aliphatic carboxylic acids is 1. The zero-order valence-corrected chi connectivity index (χ0v) is 81.8. The van der Waals surface area contributed by atoms with Crippen LogP contribution in [-0.2, 0) is 77.9 Å².